The molecule has 0 aliphatic heterocycles. The van der Waals surface area contributed by atoms with Gasteiger partial charge in [-0.3, -0.25) is 0 Å². The van der Waals surface area contributed by atoms with Crippen LogP contribution in [0.15, 0.2) is 18.2 Å². The van der Waals surface area contributed by atoms with Gasteiger partial charge in [0.1, 0.15) is 5.82 Å². The highest BCUT2D eigenvalue weighted by Gasteiger charge is 2.09. The smallest absolute Gasteiger partial charge is 0.111 e. The van der Waals surface area contributed by atoms with Gasteiger partial charge in [0.2, 0.25) is 0 Å². The molecule has 0 radical (unpaired) electrons. The van der Waals surface area contributed by atoms with Crippen molar-refractivity contribution in [2.75, 3.05) is 5.88 Å². The van der Waals surface area contributed by atoms with Gasteiger partial charge in [-0.25, -0.2) is 4.98 Å². The molecular formula is C15H21ClN2. The molecule has 1 aromatic carbocycles. The highest BCUT2D eigenvalue weighted by Crippen LogP contribution is 2.19. The second-order valence-electron chi connectivity index (χ2n) is 4.82. The zero-order valence-electron chi connectivity index (χ0n) is 11.2. The number of fused-ring (bicyclic) bond motifs is 1. The third-order valence-corrected chi connectivity index (χ3v) is 3.48. The summed E-state index contributed by atoms with van der Waals surface area (Å²) in [6, 6.07) is 6.50. The summed E-state index contributed by atoms with van der Waals surface area (Å²) >= 11 is 5.87. The molecule has 0 N–H and O–H groups in total. The molecule has 2 rings (SSSR count). The molecule has 0 fully saturated rings. The standard InChI is InChI=1S/C15H21ClN2/c1-3-4-5-10-18-14-7-6-12(2)11-13(14)17-15(18)8-9-16/h6-7,11H,3-5,8-10H2,1-2H3. The molecule has 0 atom stereocenters. The largest absolute Gasteiger partial charge is 0.328 e. The van der Waals surface area contributed by atoms with Gasteiger partial charge >= 0.3 is 0 Å². The van der Waals surface area contributed by atoms with Gasteiger partial charge in [-0.2, -0.15) is 0 Å². The van der Waals surface area contributed by atoms with E-state index >= 15 is 0 Å². The molecule has 2 nitrogen and oxygen atoms in total. The molecule has 0 saturated heterocycles. The van der Waals surface area contributed by atoms with E-state index in [1.807, 2.05) is 0 Å². The summed E-state index contributed by atoms with van der Waals surface area (Å²) in [5.41, 5.74) is 3.61. The van der Waals surface area contributed by atoms with Crippen LogP contribution in [-0.4, -0.2) is 15.4 Å². The molecule has 0 unspecified atom stereocenters. The van der Waals surface area contributed by atoms with Crippen LogP contribution in [0.25, 0.3) is 11.0 Å². The van der Waals surface area contributed by atoms with Crippen LogP contribution in [0.5, 0.6) is 0 Å². The van der Waals surface area contributed by atoms with Crippen LogP contribution in [0.1, 0.15) is 37.6 Å². The predicted octanol–water partition coefficient (Wildman–Crippen LogP) is 4.32. The molecular weight excluding hydrogens is 244 g/mol. The summed E-state index contributed by atoms with van der Waals surface area (Å²) in [5.74, 6) is 1.76. The summed E-state index contributed by atoms with van der Waals surface area (Å²) in [4.78, 5) is 4.72. The average molecular weight is 265 g/mol. The Morgan fingerprint density at radius 1 is 1.28 bits per heavy atom. The van der Waals surface area contributed by atoms with Gasteiger partial charge in [-0.15, -0.1) is 11.6 Å². The van der Waals surface area contributed by atoms with Crippen LogP contribution in [0.3, 0.4) is 0 Å². The van der Waals surface area contributed by atoms with Gasteiger partial charge in [0.15, 0.2) is 0 Å². The molecule has 0 aliphatic carbocycles. The fourth-order valence-corrected chi connectivity index (χ4v) is 2.50. The highest BCUT2D eigenvalue weighted by atomic mass is 35.5. The maximum atomic E-state index is 5.87. The first-order valence-electron chi connectivity index (χ1n) is 6.78. The summed E-state index contributed by atoms with van der Waals surface area (Å²) in [6.07, 6.45) is 4.58. The van der Waals surface area contributed by atoms with Crippen LogP contribution in [0.4, 0.5) is 0 Å². The maximum absolute atomic E-state index is 5.87. The quantitative estimate of drug-likeness (QED) is 0.561. The van der Waals surface area contributed by atoms with E-state index in [1.54, 1.807) is 0 Å². The van der Waals surface area contributed by atoms with Crippen molar-refractivity contribution in [1.82, 2.24) is 9.55 Å². The van der Waals surface area contributed by atoms with E-state index in [9.17, 15) is 0 Å². The van der Waals surface area contributed by atoms with Crippen molar-refractivity contribution in [3.05, 3.63) is 29.6 Å². The molecule has 98 valence electrons. The Morgan fingerprint density at radius 3 is 2.83 bits per heavy atom. The Hall–Kier alpha value is -1.02. The molecule has 2 aromatic rings. The monoisotopic (exact) mass is 264 g/mol. The van der Waals surface area contributed by atoms with Crippen LogP contribution in [-0.2, 0) is 13.0 Å². The minimum absolute atomic E-state index is 0.635. The number of aromatic nitrogens is 2. The number of unbranched alkanes of at least 4 members (excludes halogenated alkanes) is 2. The Labute approximate surface area is 114 Å². The van der Waals surface area contributed by atoms with Gasteiger partial charge < -0.3 is 4.57 Å². The number of hydrogen-bond donors (Lipinski definition) is 0. The fraction of sp³-hybridized carbons (Fsp3) is 0.533. The van der Waals surface area contributed by atoms with Gasteiger partial charge in [-0.1, -0.05) is 25.8 Å². The van der Waals surface area contributed by atoms with Crippen LogP contribution < -0.4 is 0 Å². The van der Waals surface area contributed by atoms with E-state index in [4.69, 9.17) is 16.6 Å². The number of benzene rings is 1. The van der Waals surface area contributed by atoms with Crippen LogP contribution in [0.2, 0.25) is 0 Å². The van der Waals surface area contributed by atoms with E-state index in [-0.39, 0.29) is 0 Å². The molecule has 0 saturated carbocycles. The lowest BCUT2D eigenvalue weighted by Gasteiger charge is -2.08. The van der Waals surface area contributed by atoms with Gasteiger partial charge in [0.25, 0.3) is 0 Å². The predicted molar refractivity (Wildman–Crippen MR) is 78.4 cm³/mol. The number of aryl methyl sites for hydroxylation is 3. The second kappa shape index (κ2) is 6.24. The second-order valence-corrected chi connectivity index (χ2v) is 5.20. The van der Waals surface area contributed by atoms with Crippen LogP contribution in [0, 0.1) is 6.92 Å². The molecule has 0 aliphatic rings. The van der Waals surface area contributed by atoms with Crippen molar-refractivity contribution in [2.24, 2.45) is 0 Å². The summed E-state index contributed by atoms with van der Waals surface area (Å²) in [7, 11) is 0. The first-order chi connectivity index (χ1) is 8.76. The molecule has 0 spiro atoms. The van der Waals surface area contributed by atoms with E-state index in [2.05, 4.69) is 36.6 Å². The van der Waals surface area contributed by atoms with E-state index in [0.717, 1.165) is 24.3 Å². The molecule has 0 bridgehead atoms. The number of imidazole rings is 1. The number of alkyl halides is 1. The summed E-state index contributed by atoms with van der Waals surface area (Å²) in [6.45, 7) is 5.39. The van der Waals surface area contributed by atoms with Crippen LogP contribution >= 0.6 is 11.6 Å². The third-order valence-electron chi connectivity index (χ3n) is 3.29. The van der Waals surface area contributed by atoms with Crippen molar-refractivity contribution < 1.29 is 0 Å². The van der Waals surface area contributed by atoms with E-state index < -0.39 is 0 Å². The number of halogens is 1. The number of rotatable bonds is 6. The molecule has 18 heavy (non-hydrogen) atoms. The minimum atomic E-state index is 0.635. The van der Waals surface area contributed by atoms with Crippen molar-refractivity contribution in [2.45, 2.75) is 46.1 Å². The first-order valence-corrected chi connectivity index (χ1v) is 7.31. The average Bonchev–Trinajstić information content (AvgIpc) is 2.67. The van der Waals surface area contributed by atoms with Crippen molar-refractivity contribution in [3.63, 3.8) is 0 Å². The van der Waals surface area contributed by atoms with Gasteiger partial charge in [0.05, 0.1) is 11.0 Å². The van der Waals surface area contributed by atoms with E-state index in [0.29, 0.717) is 5.88 Å². The molecule has 1 aromatic heterocycles. The maximum Gasteiger partial charge on any atom is 0.111 e. The normalized spacial score (nSPS) is 11.3. The zero-order chi connectivity index (χ0) is 13.0. The minimum Gasteiger partial charge on any atom is -0.328 e. The SMILES string of the molecule is CCCCCn1c(CCCl)nc2cc(C)ccc21. The Balaban J connectivity index is 2.35. The lowest BCUT2D eigenvalue weighted by atomic mass is 10.2. The Bertz CT molecular complexity index is 516. The first kappa shape index (κ1) is 13.4. The topological polar surface area (TPSA) is 17.8 Å². The zero-order valence-corrected chi connectivity index (χ0v) is 12.0. The Kier molecular flexibility index (Phi) is 4.65. The molecule has 1 heterocycles. The lowest BCUT2D eigenvalue weighted by Crippen LogP contribution is -2.04. The van der Waals surface area contributed by atoms with Gasteiger partial charge in [0, 0.05) is 18.8 Å². The summed E-state index contributed by atoms with van der Waals surface area (Å²) < 4.78 is 2.34. The van der Waals surface area contributed by atoms with Crippen molar-refractivity contribution in [1.29, 1.82) is 0 Å². The van der Waals surface area contributed by atoms with Crippen molar-refractivity contribution in [3.8, 4) is 0 Å². The fourth-order valence-electron chi connectivity index (χ4n) is 2.33. The summed E-state index contributed by atoms with van der Waals surface area (Å²) in [5, 5.41) is 0. The van der Waals surface area contributed by atoms with Gasteiger partial charge in [-0.05, 0) is 31.0 Å². The lowest BCUT2D eigenvalue weighted by molar-refractivity contribution is 0.594. The Morgan fingerprint density at radius 2 is 2.11 bits per heavy atom. The van der Waals surface area contributed by atoms with E-state index in [1.165, 1.54) is 30.3 Å². The third kappa shape index (κ3) is 2.86. The number of hydrogen-bond acceptors (Lipinski definition) is 1. The highest BCUT2D eigenvalue weighted by molar-refractivity contribution is 6.17. The van der Waals surface area contributed by atoms with Crippen molar-refractivity contribution >= 4 is 22.6 Å². The molecule has 0 amide bonds. The number of nitrogens with zero attached hydrogens (tertiary/aromatic N) is 2. The molecule has 3 heteroatoms.